The van der Waals surface area contributed by atoms with Crippen LogP contribution < -0.4 is 14.8 Å². The zero-order chi connectivity index (χ0) is 32.3. The highest BCUT2D eigenvalue weighted by Crippen LogP contribution is 2.46. The molecule has 3 saturated carbocycles. The largest absolute Gasteiger partial charge is 0.472 e. The highest BCUT2D eigenvalue weighted by atomic mass is 32.2. The minimum atomic E-state index is -3.81. The number of allylic oxidation sites excluding steroid dienone is 1. The standard InChI is InChI=1S/C34H40N6O6S/c41-29-12-6-4-2-1-3-5-9-22-19-34(22,33(43)38-47(44,45)24-15-16-24)36-32(42)28-17-23(20-39(28)29)46-30-18-27(21-13-14-21)35-31-25-10-7-8-11-26(25)37-40(30)31/h5,7-11,18,21-24,28H,1-4,6,12-17,19-20H2,(H,36,42)(H,38,43)/b9-5-/t22-,23-,28+,34-/m1/s1. The molecule has 4 heterocycles. The normalized spacial score (nSPS) is 29.4. The molecule has 2 aliphatic heterocycles. The monoisotopic (exact) mass is 660 g/mol. The van der Waals surface area contributed by atoms with Gasteiger partial charge in [-0.25, -0.2) is 13.4 Å². The molecule has 4 fully saturated rings. The van der Waals surface area contributed by atoms with Crippen molar-refractivity contribution in [2.75, 3.05) is 6.54 Å². The molecule has 47 heavy (non-hydrogen) atoms. The Hall–Kier alpha value is -4.00. The first-order valence-corrected chi connectivity index (χ1v) is 18.6. The predicted molar refractivity (Wildman–Crippen MR) is 173 cm³/mol. The maximum atomic E-state index is 14.1. The molecule has 5 aliphatic rings. The van der Waals surface area contributed by atoms with Crippen LogP contribution in [0.3, 0.4) is 0 Å². The maximum Gasteiger partial charge on any atom is 0.259 e. The molecular weight excluding hydrogens is 620 g/mol. The molecule has 0 unspecified atom stereocenters. The average molecular weight is 661 g/mol. The minimum absolute atomic E-state index is 0.130. The van der Waals surface area contributed by atoms with Crippen molar-refractivity contribution in [3.05, 3.63) is 48.2 Å². The molecule has 12 nitrogen and oxygen atoms in total. The number of nitrogens with zero attached hydrogens (tertiary/aromatic N) is 4. The van der Waals surface area contributed by atoms with E-state index in [0.29, 0.717) is 43.1 Å². The number of sulfonamides is 1. The van der Waals surface area contributed by atoms with E-state index < -0.39 is 44.8 Å². The second-order valence-corrected chi connectivity index (χ2v) is 15.9. The van der Waals surface area contributed by atoms with Gasteiger partial charge >= 0.3 is 0 Å². The number of hydrogen-bond acceptors (Lipinski definition) is 8. The van der Waals surface area contributed by atoms with Crippen molar-refractivity contribution in [1.29, 1.82) is 0 Å². The third-order valence-electron chi connectivity index (χ3n) is 10.3. The summed E-state index contributed by atoms with van der Waals surface area (Å²) in [4.78, 5) is 47.8. The fraction of sp³-hybridized carbons (Fsp3) is 0.559. The van der Waals surface area contributed by atoms with Gasteiger partial charge in [-0.15, -0.1) is 0 Å². The lowest BCUT2D eigenvalue weighted by Crippen LogP contribution is -2.56. The lowest BCUT2D eigenvalue weighted by Gasteiger charge is -2.26. The quantitative estimate of drug-likeness (QED) is 0.382. The number of hydrogen-bond donors (Lipinski definition) is 2. The Morgan fingerprint density at radius 2 is 1.87 bits per heavy atom. The Kier molecular flexibility index (Phi) is 7.49. The number of rotatable bonds is 6. The number of carbonyl (C=O) groups excluding carboxylic acids is 3. The summed E-state index contributed by atoms with van der Waals surface area (Å²) >= 11 is 0. The number of ether oxygens (including phenoxy) is 1. The minimum Gasteiger partial charge on any atom is -0.472 e. The Balaban J connectivity index is 1.08. The molecule has 3 aromatic rings. The molecule has 0 radical (unpaired) electrons. The van der Waals surface area contributed by atoms with Gasteiger partial charge in [0.15, 0.2) is 5.65 Å². The van der Waals surface area contributed by atoms with E-state index in [4.69, 9.17) is 14.8 Å². The van der Waals surface area contributed by atoms with Crippen LogP contribution in [0.15, 0.2) is 42.5 Å². The highest BCUT2D eigenvalue weighted by molar-refractivity contribution is 7.91. The van der Waals surface area contributed by atoms with Crippen molar-refractivity contribution >= 4 is 44.3 Å². The van der Waals surface area contributed by atoms with Gasteiger partial charge in [0, 0.05) is 36.1 Å². The first-order chi connectivity index (χ1) is 22.7. The van der Waals surface area contributed by atoms with Crippen molar-refractivity contribution in [3.63, 3.8) is 0 Å². The molecule has 3 amide bonds. The van der Waals surface area contributed by atoms with Gasteiger partial charge in [-0.1, -0.05) is 37.1 Å². The molecule has 2 N–H and O–H groups in total. The van der Waals surface area contributed by atoms with Crippen LogP contribution in [-0.2, 0) is 24.4 Å². The van der Waals surface area contributed by atoms with Gasteiger partial charge in [-0.05, 0) is 63.5 Å². The van der Waals surface area contributed by atoms with Gasteiger partial charge in [0.25, 0.3) is 5.91 Å². The molecular formula is C34H40N6O6S. The van der Waals surface area contributed by atoms with E-state index in [0.717, 1.165) is 61.5 Å². The van der Waals surface area contributed by atoms with Gasteiger partial charge in [0.1, 0.15) is 17.7 Å². The van der Waals surface area contributed by atoms with Gasteiger partial charge in [0.05, 0.1) is 23.0 Å². The summed E-state index contributed by atoms with van der Waals surface area (Å²) in [6.07, 6.45) is 11.8. The number of nitrogens with one attached hydrogen (secondary N) is 2. The predicted octanol–water partition coefficient (Wildman–Crippen LogP) is 3.50. The fourth-order valence-electron chi connectivity index (χ4n) is 7.14. The lowest BCUT2D eigenvalue weighted by atomic mass is 10.1. The molecule has 13 heteroatoms. The third-order valence-corrected chi connectivity index (χ3v) is 12.1. The van der Waals surface area contributed by atoms with Crippen LogP contribution in [-0.4, -0.2) is 75.1 Å². The number of amides is 3. The van der Waals surface area contributed by atoms with Crippen molar-refractivity contribution in [2.24, 2.45) is 5.92 Å². The molecule has 0 spiro atoms. The fourth-order valence-corrected chi connectivity index (χ4v) is 8.50. The van der Waals surface area contributed by atoms with Crippen LogP contribution in [0.4, 0.5) is 0 Å². The molecule has 0 bridgehead atoms. The second kappa shape index (κ2) is 11.6. The first kappa shape index (κ1) is 30.3. The van der Waals surface area contributed by atoms with Crippen molar-refractivity contribution in [1.82, 2.24) is 29.5 Å². The van der Waals surface area contributed by atoms with Gasteiger partial charge < -0.3 is 15.0 Å². The van der Waals surface area contributed by atoms with Gasteiger partial charge in [-0.3, -0.25) is 19.1 Å². The number of benzene rings is 1. The summed E-state index contributed by atoms with van der Waals surface area (Å²) in [6.45, 7) is 0.207. The Morgan fingerprint density at radius 1 is 1.06 bits per heavy atom. The summed E-state index contributed by atoms with van der Waals surface area (Å²) < 4.78 is 36.0. The number of fused-ring (bicyclic) bond motifs is 5. The van der Waals surface area contributed by atoms with E-state index in [1.54, 1.807) is 9.42 Å². The molecule has 4 atom stereocenters. The van der Waals surface area contributed by atoms with E-state index in [-0.39, 0.29) is 24.8 Å². The number of aromatic nitrogens is 3. The van der Waals surface area contributed by atoms with E-state index >= 15 is 0 Å². The van der Waals surface area contributed by atoms with E-state index in [1.807, 2.05) is 42.5 Å². The summed E-state index contributed by atoms with van der Waals surface area (Å²) in [7, 11) is -3.81. The second-order valence-electron chi connectivity index (χ2n) is 13.9. The van der Waals surface area contributed by atoms with Crippen LogP contribution in [0, 0.1) is 5.92 Å². The van der Waals surface area contributed by atoms with Crippen LogP contribution in [0.25, 0.3) is 16.6 Å². The molecule has 248 valence electrons. The van der Waals surface area contributed by atoms with Crippen molar-refractivity contribution in [3.8, 4) is 5.88 Å². The van der Waals surface area contributed by atoms with Crippen LogP contribution >= 0.6 is 0 Å². The highest BCUT2D eigenvalue weighted by Gasteiger charge is 2.62. The first-order valence-electron chi connectivity index (χ1n) is 17.0. The molecule has 8 rings (SSSR count). The molecule has 2 aromatic heterocycles. The zero-order valence-electron chi connectivity index (χ0n) is 26.3. The number of carbonyl (C=O) groups is 3. The van der Waals surface area contributed by atoms with E-state index in [2.05, 4.69) is 10.0 Å². The van der Waals surface area contributed by atoms with Gasteiger partial charge in [-0.2, -0.15) is 9.61 Å². The molecule has 1 aromatic carbocycles. The lowest BCUT2D eigenvalue weighted by molar-refractivity contribution is -0.139. The van der Waals surface area contributed by atoms with Crippen molar-refractivity contribution < 1.29 is 27.5 Å². The molecule has 3 aliphatic carbocycles. The van der Waals surface area contributed by atoms with Crippen LogP contribution in [0.5, 0.6) is 5.88 Å². The van der Waals surface area contributed by atoms with Crippen molar-refractivity contribution in [2.45, 2.75) is 106 Å². The van der Waals surface area contributed by atoms with Crippen LogP contribution in [0.2, 0.25) is 0 Å². The summed E-state index contributed by atoms with van der Waals surface area (Å²) in [5.41, 5.74) is 1.08. The Bertz CT molecular complexity index is 1900. The van der Waals surface area contributed by atoms with Gasteiger partial charge in [0.2, 0.25) is 27.7 Å². The summed E-state index contributed by atoms with van der Waals surface area (Å²) in [5.74, 6) is -0.759. The maximum absolute atomic E-state index is 14.1. The third kappa shape index (κ3) is 5.87. The Labute approximate surface area is 273 Å². The smallest absolute Gasteiger partial charge is 0.259 e. The van der Waals surface area contributed by atoms with Crippen LogP contribution in [0.1, 0.15) is 88.7 Å². The summed E-state index contributed by atoms with van der Waals surface area (Å²) in [5, 5.41) is 8.05. The van der Waals surface area contributed by atoms with E-state index in [9.17, 15) is 22.8 Å². The summed E-state index contributed by atoms with van der Waals surface area (Å²) in [6, 6.07) is 8.86. The SMILES string of the molecule is O=C1N[C@]2(C(=O)NS(=O)(=O)C3CC3)C[C@H]2/C=C\CCCCCCC(=O)N2C[C@H](Oc3cc(C4CC4)nc4c5ccccc5nn34)C[C@@H]12. The van der Waals surface area contributed by atoms with E-state index in [1.165, 1.54) is 0 Å². The average Bonchev–Trinajstić information content (AvgIpc) is 3.96. The Morgan fingerprint density at radius 3 is 2.68 bits per heavy atom. The zero-order valence-corrected chi connectivity index (χ0v) is 27.1. The topological polar surface area (TPSA) is 152 Å². The molecule has 1 saturated heterocycles.